The number of hydrogen-bond acceptors (Lipinski definition) is 3. The number of carbonyl (C=O) groups is 2. The fourth-order valence-electron chi connectivity index (χ4n) is 3.41. The number of halogens is 2. The molecule has 1 aromatic rings. The highest BCUT2D eigenvalue weighted by molar-refractivity contribution is 8.00. The quantitative estimate of drug-likeness (QED) is 0.730. The molecule has 130 valence electrons. The van der Waals surface area contributed by atoms with Crippen molar-refractivity contribution >= 4 is 46.8 Å². The Bertz CT molecular complexity index is 645. The molecule has 1 aromatic carbocycles. The lowest BCUT2D eigenvalue weighted by molar-refractivity contribution is -0.132. The van der Waals surface area contributed by atoms with E-state index in [1.54, 1.807) is 31.2 Å². The molecule has 2 fully saturated rings. The van der Waals surface area contributed by atoms with E-state index in [9.17, 15) is 9.59 Å². The van der Waals surface area contributed by atoms with E-state index in [-0.39, 0.29) is 16.7 Å². The Balaban J connectivity index is 1.74. The molecule has 2 aliphatic rings. The zero-order chi connectivity index (χ0) is 17.3. The molecule has 0 radical (unpaired) electrons. The van der Waals surface area contributed by atoms with Crippen LogP contribution in [0.3, 0.4) is 0 Å². The summed E-state index contributed by atoms with van der Waals surface area (Å²) >= 11 is 13.8. The van der Waals surface area contributed by atoms with E-state index in [0.717, 1.165) is 25.1 Å². The van der Waals surface area contributed by atoms with Crippen molar-refractivity contribution < 1.29 is 9.59 Å². The van der Waals surface area contributed by atoms with Gasteiger partial charge in [0.25, 0.3) is 5.91 Å². The van der Waals surface area contributed by atoms with E-state index in [2.05, 4.69) is 0 Å². The van der Waals surface area contributed by atoms with Crippen molar-refractivity contribution in [2.75, 3.05) is 25.4 Å². The third-order valence-electron chi connectivity index (χ3n) is 4.69. The Labute approximate surface area is 156 Å². The number of benzene rings is 1. The molecule has 0 bridgehead atoms. The molecule has 2 heterocycles. The summed E-state index contributed by atoms with van der Waals surface area (Å²) in [5, 5.41) is 0.0674. The Hall–Kier alpha value is -0.910. The summed E-state index contributed by atoms with van der Waals surface area (Å²) < 4.78 is 0. The minimum Gasteiger partial charge on any atom is -0.341 e. The summed E-state index contributed by atoms with van der Waals surface area (Å²) in [4.78, 5) is 28.6. The van der Waals surface area contributed by atoms with Gasteiger partial charge in [-0.05, 0) is 38.0 Å². The van der Waals surface area contributed by atoms with Crippen LogP contribution in [-0.2, 0) is 4.79 Å². The van der Waals surface area contributed by atoms with Crippen LogP contribution in [0.4, 0.5) is 0 Å². The molecular weight excluding hydrogens is 367 g/mol. The Morgan fingerprint density at radius 3 is 2.58 bits per heavy atom. The summed E-state index contributed by atoms with van der Waals surface area (Å²) in [6, 6.07) is 7.09. The second-order valence-electron chi connectivity index (χ2n) is 6.20. The highest BCUT2D eigenvalue weighted by atomic mass is 35.5. The second kappa shape index (κ2) is 7.14. The molecule has 0 saturated carbocycles. The minimum atomic E-state index is -0.500. The van der Waals surface area contributed by atoms with E-state index in [4.69, 9.17) is 23.2 Å². The molecule has 2 aliphatic heterocycles. The van der Waals surface area contributed by atoms with Gasteiger partial charge in [-0.25, -0.2) is 0 Å². The number of thioether (sulfide) groups is 1. The van der Waals surface area contributed by atoms with Crippen LogP contribution in [0.2, 0.25) is 5.02 Å². The van der Waals surface area contributed by atoms with E-state index in [1.165, 1.54) is 0 Å². The van der Waals surface area contributed by atoms with Gasteiger partial charge in [0, 0.05) is 36.0 Å². The smallest absolute Gasteiger partial charge is 0.255 e. The SMILES string of the molecule is C[C@H](Cl)C(=O)N1CCC2(CC1)SCCN2C(=O)c1cccc(Cl)c1. The average Bonchev–Trinajstić information content (AvgIpc) is 2.97. The zero-order valence-corrected chi connectivity index (χ0v) is 15.8. The maximum atomic E-state index is 12.9. The minimum absolute atomic E-state index is 0.0213. The van der Waals surface area contributed by atoms with Crippen molar-refractivity contribution in [2.24, 2.45) is 0 Å². The number of carbonyl (C=O) groups excluding carboxylic acids is 2. The van der Waals surface area contributed by atoms with Gasteiger partial charge < -0.3 is 9.80 Å². The van der Waals surface area contributed by atoms with Crippen molar-refractivity contribution in [3.63, 3.8) is 0 Å². The zero-order valence-electron chi connectivity index (χ0n) is 13.5. The number of nitrogens with zero attached hydrogens (tertiary/aromatic N) is 2. The summed E-state index contributed by atoms with van der Waals surface area (Å²) in [5.41, 5.74) is 0.622. The van der Waals surface area contributed by atoms with E-state index in [1.807, 2.05) is 21.6 Å². The lowest BCUT2D eigenvalue weighted by Gasteiger charge is -2.44. The molecule has 3 rings (SSSR count). The molecule has 24 heavy (non-hydrogen) atoms. The third kappa shape index (κ3) is 3.39. The fourth-order valence-corrected chi connectivity index (χ4v) is 5.20. The number of likely N-dealkylation sites (tertiary alicyclic amines) is 1. The first-order valence-corrected chi connectivity index (χ1v) is 9.87. The predicted molar refractivity (Wildman–Crippen MR) is 98.8 cm³/mol. The normalized spacial score (nSPS) is 21.1. The Morgan fingerprint density at radius 2 is 1.96 bits per heavy atom. The molecule has 7 heteroatoms. The van der Waals surface area contributed by atoms with Gasteiger partial charge in [-0.3, -0.25) is 9.59 Å². The highest BCUT2D eigenvalue weighted by Gasteiger charge is 2.47. The summed E-state index contributed by atoms with van der Waals surface area (Å²) in [7, 11) is 0. The first-order chi connectivity index (χ1) is 11.4. The molecule has 0 N–H and O–H groups in total. The molecule has 0 unspecified atom stereocenters. The van der Waals surface area contributed by atoms with Gasteiger partial charge >= 0.3 is 0 Å². The van der Waals surface area contributed by atoms with Crippen LogP contribution < -0.4 is 0 Å². The van der Waals surface area contributed by atoms with Crippen LogP contribution >= 0.6 is 35.0 Å². The van der Waals surface area contributed by atoms with Crippen LogP contribution in [0, 0.1) is 0 Å². The van der Waals surface area contributed by atoms with Crippen LogP contribution in [-0.4, -0.2) is 57.2 Å². The average molecular weight is 387 g/mol. The predicted octanol–water partition coefficient (Wildman–Crippen LogP) is 3.48. The maximum absolute atomic E-state index is 12.9. The van der Waals surface area contributed by atoms with Crippen LogP contribution in [0.25, 0.3) is 0 Å². The van der Waals surface area contributed by atoms with Crippen LogP contribution in [0.5, 0.6) is 0 Å². The standard InChI is InChI=1S/C17H20Cl2N2O2S/c1-12(18)15(22)20-7-5-17(6-8-20)21(9-10-24-17)16(23)13-3-2-4-14(19)11-13/h2-4,11-12H,5-10H2,1H3/t12-/m0/s1. The van der Waals surface area contributed by atoms with Gasteiger partial charge in [0.2, 0.25) is 5.91 Å². The molecule has 2 amide bonds. The van der Waals surface area contributed by atoms with Gasteiger partial charge in [0.05, 0.1) is 4.87 Å². The largest absolute Gasteiger partial charge is 0.341 e. The monoisotopic (exact) mass is 386 g/mol. The lowest BCUT2D eigenvalue weighted by Crippen LogP contribution is -2.54. The van der Waals surface area contributed by atoms with Gasteiger partial charge in [-0.1, -0.05) is 17.7 Å². The number of amides is 2. The fraction of sp³-hybridized carbons (Fsp3) is 0.529. The Kier molecular flexibility index (Phi) is 5.33. The number of hydrogen-bond donors (Lipinski definition) is 0. The highest BCUT2D eigenvalue weighted by Crippen LogP contribution is 2.44. The lowest BCUT2D eigenvalue weighted by atomic mass is 10.0. The van der Waals surface area contributed by atoms with Crippen molar-refractivity contribution in [2.45, 2.75) is 30.0 Å². The van der Waals surface area contributed by atoms with Crippen LogP contribution in [0.1, 0.15) is 30.1 Å². The van der Waals surface area contributed by atoms with Crippen molar-refractivity contribution in [1.82, 2.24) is 9.80 Å². The summed E-state index contributed by atoms with van der Waals surface area (Å²) in [5.74, 6) is 0.918. The van der Waals surface area contributed by atoms with Crippen molar-refractivity contribution in [3.05, 3.63) is 34.9 Å². The summed E-state index contributed by atoms with van der Waals surface area (Å²) in [6.45, 7) is 3.72. The first-order valence-electron chi connectivity index (χ1n) is 8.07. The van der Waals surface area contributed by atoms with Crippen molar-refractivity contribution in [3.8, 4) is 0 Å². The second-order valence-corrected chi connectivity index (χ2v) is 8.75. The van der Waals surface area contributed by atoms with Gasteiger partial charge in [-0.2, -0.15) is 0 Å². The van der Waals surface area contributed by atoms with E-state index < -0.39 is 5.38 Å². The van der Waals surface area contributed by atoms with E-state index >= 15 is 0 Å². The molecule has 2 saturated heterocycles. The maximum Gasteiger partial charge on any atom is 0.255 e. The Morgan fingerprint density at radius 1 is 1.25 bits per heavy atom. The van der Waals surface area contributed by atoms with Crippen LogP contribution in [0.15, 0.2) is 24.3 Å². The van der Waals surface area contributed by atoms with Gasteiger partial charge in [0.15, 0.2) is 0 Å². The molecule has 4 nitrogen and oxygen atoms in total. The molecule has 0 aliphatic carbocycles. The van der Waals surface area contributed by atoms with Gasteiger partial charge in [0.1, 0.15) is 5.38 Å². The molecule has 0 aromatic heterocycles. The number of piperidine rings is 1. The van der Waals surface area contributed by atoms with E-state index in [0.29, 0.717) is 23.7 Å². The van der Waals surface area contributed by atoms with Crippen molar-refractivity contribution in [1.29, 1.82) is 0 Å². The number of alkyl halides is 1. The van der Waals surface area contributed by atoms with Gasteiger partial charge in [-0.15, -0.1) is 23.4 Å². The molecular formula is C17H20Cl2N2O2S. The topological polar surface area (TPSA) is 40.6 Å². The summed E-state index contributed by atoms with van der Waals surface area (Å²) in [6.07, 6.45) is 1.55. The first kappa shape index (κ1) is 17.9. The molecule has 1 atom stereocenters. The number of rotatable bonds is 2. The molecule has 1 spiro atoms. The third-order valence-corrected chi connectivity index (χ3v) is 6.67.